The molecular weight excluding hydrogens is 258 g/mol. The van der Waals surface area contributed by atoms with Crippen LogP contribution in [-0.2, 0) is 4.79 Å². The number of nitrogens with one attached hydrogen (secondary N) is 1. The number of ether oxygens (including phenoxy) is 1. The van der Waals surface area contributed by atoms with Crippen LogP contribution in [0.25, 0.3) is 0 Å². The second-order valence-corrected chi connectivity index (χ2v) is 4.78. The maximum atomic E-state index is 12.2. The molecule has 1 aliphatic heterocycles. The first-order valence-corrected chi connectivity index (χ1v) is 6.69. The minimum Gasteiger partial charge on any atom is -0.410 e. The zero-order valence-corrected chi connectivity index (χ0v) is 11.2. The SMILES string of the molecule is NC(=O)CN(C(=O)Oc1ccccc1)C1CCCNC1. The van der Waals surface area contributed by atoms with Crippen LogP contribution in [0.3, 0.4) is 0 Å². The average Bonchev–Trinajstić information content (AvgIpc) is 2.46. The fraction of sp³-hybridized carbons (Fsp3) is 0.429. The van der Waals surface area contributed by atoms with Crippen molar-refractivity contribution in [2.75, 3.05) is 19.6 Å². The van der Waals surface area contributed by atoms with Crippen molar-refractivity contribution in [3.8, 4) is 5.75 Å². The van der Waals surface area contributed by atoms with Gasteiger partial charge in [0.1, 0.15) is 12.3 Å². The number of nitrogens with two attached hydrogens (primary N) is 1. The van der Waals surface area contributed by atoms with Gasteiger partial charge in [0.05, 0.1) is 0 Å². The second kappa shape index (κ2) is 6.91. The standard InChI is InChI=1S/C14H19N3O3/c15-13(18)10-17(11-5-4-8-16-9-11)14(19)20-12-6-2-1-3-7-12/h1-3,6-7,11,16H,4-5,8-10H2,(H2,15,18). The number of benzene rings is 1. The Kier molecular flexibility index (Phi) is 4.95. The largest absolute Gasteiger partial charge is 0.416 e. The van der Waals surface area contributed by atoms with E-state index in [2.05, 4.69) is 5.32 Å². The summed E-state index contributed by atoms with van der Waals surface area (Å²) in [5.74, 6) is -0.0867. The van der Waals surface area contributed by atoms with Gasteiger partial charge in [-0.2, -0.15) is 0 Å². The molecule has 20 heavy (non-hydrogen) atoms. The van der Waals surface area contributed by atoms with Gasteiger partial charge in [-0.1, -0.05) is 18.2 Å². The van der Waals surface area contributed by atoms with Crippen LogP contribution in [-0.4, -0.2) is 42.6 Å². The minimum atomic E-state index is -0.541. The molecule has 1 saturated heterocycles. The molecule has 0 aromatic heterocycles. The Hall–Kier alpha value is -2.08. The lowest BCUT2D eigenvalue weighted by atomic mass is 10.1. The van der Waals surface area contributed by atoms with Crippen LogP contribution in [0.2, 0.25) is 0 Å². The van der Waals surface area contributed by atoms with E-state index < -0.39 is 12.0 Å². The fourth-order valence-corrected chi connectivity index (χ4v) is 2.26. The Morgan fingerprint density at radius 3 is 2.70 bits per heavy atom. The summed E-state index contributed by atoms with van der Waals surface area (Å²) < 4.78 is 5.28. The molecule has 0 saturated carbocycles. The maximum Gasteiger partial charge on any atom is 0.416 e. The molecular formula is C14H19N3O3. The topological polar surface area (TPSA) is 84.7 Å². The van der Waals surface area contributed by atoms with Gasteiger partial charge in [-0.25, -0.2) is 4.79 Å². The molecule has 0 aliphatic carbocycles. The molecule has 1 atom stereocenters. The van der Waals surface area contributed by atoms with E-state index >= 15 is 0 Å². The van der Waals surface area contributed by atoms with E-state index in [-0.39, 0.29) is 12.6 Å². The molecule has 1 heterocycles. The van der Waals surface area contributed by atoms with Crippen molar-refractivity contribution in [2.24, 2.45) is 5.73 Å². The van der Waals surface area contributed by atoms with Crippen LogP contribution >= 0.6 is 0 Å². The zero-order valence-electron chi connectivity index (χ0n) is 11.2. The average molecular weight is 277 g/mol. The molecule has 6 nitrogen and oxygen atoms in total. The number of para-hydroxylation sites is 1. The van der Waals surface area contributed by atoms with Crippen LogP contribution in [0.1, 0.15) is 12.8 Å². The van der Waals surface area contributed by atoms with Gasteiger partial charge in [0.15, 0.2) is 0 Å². The first-order valence-electron chi connectivity index (χ1n) is 6.69. The number of nitrogens with zero attached hydrogens (tertiary/aromatic N) is 1. The van der Waals surface area contributed by atoms with Gasteiger partial charge in [0.2, 0.25) is 5.91 Å². The van der Waals surface area contributed by atoms with Crippen molar-refractivity contribution in [1.29, 1.82) is 0 Å². The molecule has 1 unspecified atom stereocenters. The van der Waals surface area contributed by atoms with E-state index in [1.807, 2.05) is 6.07 Å². The first kappa shape index (κ1) is 14.3. The molecule has 108 valence electrons. The van der Waals surface area contributed by atoms with Crippen LogP contribution in [0.15, 0.2) is 30.3 Å². The molecule has 3 N–H and O–H groups in total. The van der Waals surface area contributed by atoms with E-state index in [1.165, 1.54) is 4.90 Å². The van der Waals surface area contributed by atoms with Crippen molar-refractivity contribution in [3.63, 3.8) is 0 Å². The molecule has 1 fully saturated rings. The van der Waals surface area contributed by atoms with Crippen molar-refractivity contribution in [1.82, 2.24) is 10.2 Å². The molecule has 2 amide bonds. The van der Waals surface area contributed by atoms with Crippen LogP contribution in [0.5, 0.6) is 5.75 Å². The van der Waals surface area contributed by atoms with E-state index in [0.717, 1.165) is 19.4 Å². The number of amides is 2. The number of piperidine rings is 1. The highest BCUT2D eigenvalue weighted by atomic mass is 16.6. The summed E-state index contributed by atoms with van der Waals surface area (Å²) in [7, 11) is 0. The van der Waals surface area contributed by atoms with Gasteiger partial charge in [-0.05, 0) is 31.5 Å². The molecule has 1 aromatic carbocycles. The summed E-state index contributed by atoms with van der Waals surface area (Å²) >= 11 is 0. The third-order valence-electron chi connectivity index (χ3n) is 3.22. The molecule has 0 radical (unpaired) electrons. The summed E-state index contributed by atoms with van der Waals surface area (Å²) in [5.41, 5.74) is 5.22. The third-order valence-corrected chi connectivity index (χ3v) is 3.22. The summed E-state index contributed by atoms with van der Waals surface area (Å²) in [6, 6.07) is 8.72. The van der Waals surface area contributed by atoms with Gasteiger partial charge >= 0.3 is 6.09 Å². The number of hydrogen-bond acceptors (Lipinski definition) is 4. The van der Waals surface area contributed by atoms with Crippen molar-refractivity contribution in [2.45, 2.75) is 18.9 Å². The number of carbonyl (C=O) groups is 2. The first-order chi connectivity index (χ1) is 9.66. The zero-order chi connectivity index (χ0) is 14.4. The third kappa shape index (κ3) is 3.96. The van der Waals surface area contributed by atoms with Gasteiger partial charge in [-0.3, -0.25) is 9.69 Å². The van der Waals surface area contributed by atoms with Gasteiger partial charge in [-0.15, -0.1) is 0 Å². The predicted molar refractivity (Wildman–Crippen MR) is 74.3 cm³/mol. The molecule has 0 bridgehead atoms. The lowest BCUT2D eigenvalue weighted by molar-refractivity contribution is -0.119. The number of carbonyl (C=O) groups excluding carboxylic acids is 2. The molecule has 6 heteroatoms. The smallest absolute Gasteiger partial charge is 0.410 e. The second-order valence-electron chi connectivity index (χ2n) is 4.78. The highest BCUT2D eigenvalue weighted by molar-refractivity contribution is 5.81. The maximum absolute atomic E-state index is 12.2. The number of hydrogen-bond donors (Lipinski definition) is 2. The molecule has 2 rings (SSSR count). The summed E-state index contributed by atoms with van der Waals surface area (Å²) in [6.45, 7) is 1.45. The Morgan fingerprint density at radius 2 is 2.10 bits per heavy atom. The van der Waals surface area contributed by atoms with Crippen molar-refractivity contribution >= 4 is 12.0 Å². The number of rotatable bonds is 4. The lowest BCUT2D eigenvalue weighted by Gasteiger charge is -2.33. The van der Waals surface area contributed by atoms with Crippen molar-refractivity contribution in [3.05, 3.63) is 30.3 Å². The van der Waals surface area contributed by atoms with Crippen LogP contribution in [0.4, 0.5) is 4.79 Å². The summed E-state index contributed by atoms with van der Waals surface area (Å²) in [5, 5.41) is 3.21. The van der Waals surface area contributed by atoms with E-state index in [1.54, 1.807) is 24.3 Å². The van der Waals surface area contributed by atoms with Gasteiger partial charge in [0, 0.05) is 12.6 Å². The fourth-order valence-electron chi connectivity index (χ4n) is 2.26. The lowest BCUT2D eigenvalue weighted by Crippen LogP contribution is -2.52. The Labute approximate surface area is 117 Å². The van der Waals surface area contributed by atoms with E-state index in [4.69, 9.17) is 10.5 Å². The monoisotopic (exact) mass is 277 g/mol. The molecule has 1 aliphatic rings. The summed E-state index contributed by atoms with van der Waals surface area (Å²) in [4.78, 5) is 24.8. The molecule has 0 spiro atoms. The normalized spacial score (nSPS) is 18.3. The molecule has 1 aromatic rings. The highest BCUT2D eigenvalue weighted by Crippen LogP contribution is 2.15. The van der Waals surface area contributed by atoms with Crippen molar-refractivity contribution < 1.29 is 14.3 Å². The van der Waals surface area contributed by atoms with Crippen LogP contribution < -0.4 is 15.8 Å². The van der Waals surface area contributed by atoms with E-state index in [9.17, 15) is 9.59 Å². The quantitative estimate of drug-likeness (QED) is 0.849. The Bertz CT molecular complexity index is 458. The predicted octanol–water partition coefficient (Wildman–Crippen LogP) is 0.725. The van der Waals surface area contributed by atoms with Gasteiger partial charge in [0.25, 0.3) is 0 Å². The minimum absolute atomic E-state index is 0.0625. The highest BCUT2D eigenvalue weighted by Gasteiger charge is 2.28. The Morgan fingerprint density at radius 1 is 1.35 bits per heavy atom. The van der Waals surface area contributed by atoms with Gasteiger partial charge < -0.3 is 15.8 Å². The van der Waals surface area contributed by atoms with Crippen LogP contribution in [0, 0.1) is 0 Å². The Balaban J connectivity index is 2.05. The number of primary amides is 1. The van der Waals surface area contributed by atoms with E-state index in [0.29, 0.717) is 12.3 Å². The summed E-state index contributed by atoms with van der Waals surface area (Å²) in [6.07, 6.45) is 1.26.